The van der Waals surface area contributed by atoms with Gasteiger partial charge in [0.25, 0.3) is 10.2 Å². The summed E-state index contributed by atoms with van der Waals surface area (Å²) in [6.45, 7) is 0.306. The van der Waals surface area contributed by atoms with Gasteiger partial charge in [0.15, 0.2) is 0 Å². The largest absolute Gasteiger partial charge is 0.321 e. The second-order valence-corrected chi connectivity index (χ2v) is 7.72. The lowest BCUT2D eigenvalue weighted by Crippen LogP contribution is -2.47. The van der Waals surface area contributed by atoms with Crippen molar-refractivity contribution >= 4 is 21.8 Å². The smallest absolute Gasteiger partial charge is 0.281 e. The molecule has 1 fully saturated rings. The Labute approximate surface area is 134 Å². The van der Waals surface area contributed by atoms with Gasteiger partial charge in [-0.2, -0.15) is 17.0 Å². The number of carbonyl (C=O) groups is 1. The summed E-state index contributed by atoms with van der Waals surface area (Å²) in [7, 11) is -0.796. The third-order valence-corrected chi connectivity index (χ3v) is 5.66. The van der Waals surface area contributed by atoms with Gasteiger partial charge in [-0.15, -0.1) is 0 Å². The first-order valence-corrected chi connectivity index (χ1v) is 8.55. The topological polar surface area (TPSA) is 69.7 Å². The van der Waals surface area contributed by atoms with Gasteiger partial charge in [-0.05, 0) is 25.0 Å². The quantitative estimate of drug-likeness (QED) is 0.896. The number of piperidine rings is 1. The average Bonchev–Trinajstić information content (AvgIpc) is 2.51. The van der Waals surface area contributed by atoms with Crippen molar-refractivity contribution in [1.82, 2.24) is 8.61 Å². The van der Waals surface area contributed by atoms with Crippen molar-refractivity contribution in [2.45, 2.75) is 12.8 Å². The molecule has 1 saturated heterocycles. The summed E-state index contributed by atoms with van der Waals surface area (Å²) >= 11 is 0. The Morgan fingerprint density at radius 3 is 2.48 bits per heavy atom. The fourth-order valence-electron chi connectivity index (χ4n) is 2.44. The van der Waals surface area contributed by atoms with Gasteiger partial charge in [0.05, 0.1) is 5.92 Å². The van der Waals surface area contributed by atoms with Crippen LogP contribution < -0.4 is 5.32 Å². The van der Waals surface area contributed by atoms with Crippen LogP contribution in [0.4, 0.5) is 14.5 Å². The first-order chi connectivity index (χ1) is 10.7. The van der Waals surface area contributed by atoms with Gasteiger partial charge in [-0.25, -0.2) is 8.78 Å². The monoisotopic (exact) mass is 347 g/mol. The highest BCUT2D eigenvalue weighted by molar-refractivity contribution is 7.86. The standard InChI is InChI=1S/C14H19F2N3O3S/c1-18(2)23(21,22)19-8-4-5-10(9-19)14(20)17-13-11(15)6-3-7-12(13)16/h3,6-7,10H,4-5,8-9H2,1-2H3,(H,17,20)/t10-/m0/s1. The van der Waals surface area contributed by atoms with E-state index in [2.05, 4.69) is 5.32 Å². The third kappa shape index (κ3) is 3.85. The maximum Gasteiger partial charge on any atom is 0.281 e. The minimum atomic E-state index is -3.62. The predicted molar refractivity (Wildman–Crippen MR) is 81.9 cm³/mol. The van der Waals surface area contributed by atoms with Crippen molar-refractivity contribution in [3.63, 3.8) is 0 Å². The average molecular weight is 347 g/mol. The van der Waals surface area contributed by atoms with E-state index in [0.29, 0.717) is 19.4 Å². The highest BCUT2D eigenvalue weighted by Gasteiger charge is 2.33. The van der Waals surface area contributed by atoms with Crippen LogP contribution in [0.2, 0.25) is 0 Å². The highest BCUT2D eigenvalue weighted by Crippen LogP contribution is 2.24. The van der Waals surface area contributed by atoms with E-state index < -0.39 is 39.4 Å². The zero-order valence-corrected chi connectivity index (χ0v) is 13.7. The molecule has 1 aliphatic heterocycles. The molecule has 2 rings (SSSR count). The lowest BCUT2D eigenvalue weighted by molar-refractivity contribution is -0.120. The Kier molecular flexibility index (Phi) is 5.33. The maximum absolute atomic E-state index is 13.6. The van der Waals surface area contributed by atoms with Crippen LogP contribution in [-0.4, -0.2) is 50.1 Å². The van der Waals surface area contributed by atoms with Crippen molar-refractivity contribution in [2.24, 2.45) is 5.92 Å². The van der Waals surface area contributed by atoms with E-state index >= 15 is 0 Å². The highest BCUT2D eigenvalue weighted by atomic mass is 32.2. The molecule has 128 valence electrons. The van der Waals surface area contributed by atoms with E-state index in [0.717, 1.165) is 16.4 Å². The maximum atomic E-state index is 13.6. The van der Waals surface area contributed by atoms with E-state index in [-0.39, 0.29) is 6.54 Å². The van der Waals surface area contributed by atoms with E-state index in [1.54, 1.807) is 0 Å². The van der Waals surface area contributed by atoms with Crippen molar-refractivity contribution in [3.05, 3.63) is 29.8 Å². The SMILES string of the molecule is CN(C)S(=O)(=O)N1CCC[C@H](C(=O)Nc2c(F)cccc2F)C1. The number of hydrogen-bond acceptors (Lipinski definition) is 3. The molecule has 23 heavy (non-hydrogen) atoms. The molecule has 0 spiro atoms. The number of halogens is 2. The van der Waals surface area contributed by atoms with Crippen molar-refractivity contribution in [1.29, 1.82) is 0 Å². The first kappa shape index (κ1) is 17.8. The van der Waals surface area contributed by atoms with Gasteiger partial charge >= 0.3 is 0 Å². The van der Waals surface area contributed by atoms with Gasteiger partial charge in [-0.1, -0.05) is 6.07 Å². The van der Waals surface area contributed by atoms with Crippen molar-refractivity contribution < 1.29 is 22.0 Å². The summed E-state index contributed by atoms with van der Waals surface area (Å²) in [5.74, 6) is -2.98. The van der Waals surface area contributed by atoms with Crippen LogP contribution in [0.15, 0.2) is 18.2 Å². The molecule has 0 aliphatic carbocycles. The molecular formula is C14H19F2N3O3S. The second kappa shape index (κ2) is 6.90. The molecule has 9 heteroatoms. The molecular weight excluding hydrogens is 328 g/mol. The minimum absolute atomic E-state index is 0.0115. The molecule has 1 N–H and O–H groups in total. The van der Waals surface area contributed by atoms with Gasteiger partial charge in [-0.3, -0.25) is 4.79 Å². The zero-order chi connectivity index (χ0) is 17.2. The predicted octanol–water partition coefficient (Wildman–Crippen LogP) is 1.42. The van der Waals surface area contributed by atoms with Gasteiger partial charge < -0.3 is 5.32 Å². The number of carbonyl (C=O) groups excluding carboxylic acids is 1. The summed E-state index contributed by atoms with van der Waals surface area (Å²) in [5, 5.41) is 2.23. The van der Waals surface area contributed by atoms with Crippen molar-refractivity contribution in [2.75, 3.05) is 32.5 Å². The van der Waals surface area contributed by atoms with Crippen LogP contribution in [0.25, 0.3) is 0 Å². The molecule has 6 nitrogen and oxygen atoms in total. The molecule has 0 aromatic heterocycles. The molecule has 0 saturated carbocycles. The molecule has 1 aromatic rings. The first-order valence-electron chi connectivity index (χ1n) is 7.16. The normalized spacial score (nSPS) is 19.8. The number of hydrogen-bond donors (Lipinski definition) is 1. The van der Waals surface area contributed by atoms with Crippen molar-refractivity contribution in [3.8, 4) is 0 Å². The van der Waals surface area contributed by atoms with E-state index in [1.807, 2.05) is 0 Å². The number of nitrogens with one attached hydrogen (secondary N) is 1. The summed E-state index contributed by atoms with van der Waals surface area (Å²) in [5.41, 5.74) is -0.509. The summed E-state index contributed by atoms with van der Waals surface area (Å²) < 4.78 is 53.7. The Morgan fingerprint density at radius 2 is 1.91 bits per heavy atom. The Bertz CT molecular complexity index is 674. The summed E-state index contributed by atoms with van der Waals surface area (Å²) in [6, 6.07) is 3.29. The molecule has 0 radical (unpaired) electrons. The molecule has 1 heterocycles. The van der Waals surface area contributed by atoms with E-state index in [9.17, 15) is 22.0 Å². The number of benzene rings is 1. The Balaban J connectivity index is 2.11. The number of para-hydroxylation sites is 1. The Morgan fingerprint density at radius 1 is 1.30 bits per heavy atom. The lowest BCUT2D eigenvalue weighted by atomic mass is 9.98. The number of anilines is 1. The molecule has 0 bridgehead atoms. The molecule has 1 aliphatic rings. The Hall–Kier alpha value is -1.58. The van der Waals surface area contributed by atoms with Gasteiger partial charge in [0.1, 0.15) is 17.3 Å². The van der Waals surface area contributed by atoms with Crippen LogP contribution in [0, 0.1) is 17.6 Å². The number of nitrogens with zero attached hydrogens (tertiary/aromatic N) is 2. The molecule has 1 atom stereocenters. The van der Waals surface area contributed by atoms with Crippen LogP contribution in [-0.2, 0) is 15.0 Å². The van der Waals surface area contributed by atoms with E-state index in [1.165, 1.54) is 24.5 Å². The van der Waals surface area contributed by atoms with Crippen LogP contribution in [0.3, 0.4) is 0 Å². The molecule has 1 aromatic carbocycles. The van der Waals surface area contributed by atoms with E-state index in [4.69, 9.17) is 0 Å². The fourth-order valence-corrected chi connectivity index (χ4v) is 3.63. The fraction of sp³-hybridized carbons (Fsp3) is 0.500. The molecule has 0 unspecified atom stereocenters. The number of amides is 1. The van der Waals surface area contributed by atoms with Gasteiger partial charge in [0.2, 0.25) is 5.91 Å². The number of rotatable bonds is 4. The van der Waals surface area contributed by atoms with Crippen LogP contribution >= 0.6 is 0 Å². The molecule has 1 amide bonds. The minimum Gasteiger partial charge on any atom is -0.321 e. The summed E-state index contributed by atoms with van der Waals surface area (Å²) in [6.07, 6.45) is 0.965. The second-order valence-electron chi connectivity index (χ2n) is 5.57. The lowest BCUT2D eigenvalue weighted by Gasteiger charge is -2.32. The summed E-state index contributed by atoms with van der Waals surface area (Å²) in [4.78, 5) is 12.2. The van der Waals surface area contributed by atoms with Crippen LogP contribution in [0.5, 0.6) is 0 Å². The zero-order valence-electron chi connectivity index (χ0n) is 12.9. The van der Waals surface area contributed by atoms with Gasteiger partial charge in [0, 0.05) is 27.2 Å². The van der Waals surface area contributed by atoms with Crippen LogP contribution in [0.1, 0.15) is 12.8 Å². The third-order valence-electron chi connectivity index (χ3n) is 3.75.